The molecule has 0 aliphatic carbocycles. The van der Waals surface area contributed by atoms with Crippen LogP contribution in [0.3, 0.4) is 0 Å². The second-order valence-corrected chi connectivity index (χ2v) is 3.39. The van der Waals surface area contributed by atoms with Crippen molar-refractivity contribution in [3.8, 4) is 17.2 Å². The van der Waals surface area contributed by atoms with E-state index in [0.29, 0.717) is 11.5 Å². The molecule has 1 aromatic rings. The van der Waals surface area contributed by atoms with Crippen LogP contribution in [0.1, 0.15) is 25.3 Å². The molecule has 0 saturated heterocycles. The second kappa shape index (κ2) is 4.22. The standard InChI is InChI=1S/C11H16O3/c1-7(2)10-8(12)5-6-9(13-3)11(10)14-4/h5-7,12H,1-4H3. The normalized spacial score (nSPS) is 10.4. The molecule has 0 unspecified atom stereocenters. The molecule has 3 heteroatoms. The molecule has 78 valence electrons. The molecule has 0 spiro atoms. The molecule has 0 heterocycles. The first kappa shape index (κ1) is 10.7. The zero-order valence-electron chi connectivity index (χ0n) is 9.00. The van der Waals surface area contributed by atoms with Gasteiger partial charge >= 0.3 is 0 Å². The second-order valence-electron chi connectivity index (χ2n) is 3.39. The van der Waals surface area contributed by atoms with Crippen molar-refractivity contribution in [1.29, 1.82) is 0 Å². The predicted molar refractivity (Wildman–Crippen MR) is 55.3 cm³/mol. The Labute approximate surface area is 84.3 Å². The lowest BCUT2D eigenvalue weighted by Crippen LogP contribution is -1.98. The van der Waals surface area contributed by atoms with Crippen LogP contribution >= 0.6 is 0 Å². The van der Waals surface area contributed by atoms with E-state index in [0.717, 1.165) is 5.56 Å². The highest BCUT2D eigenvalue weighted by molar-refractivity contribution is 5.54. The summed E-state index contributed by atoms with van der Waals surface area (Å²) < 4.78 is 10.4. The summed E-state index contributed by atoms with van der Waals surface area (Å²) in [6, 6.07) is 3.32. The summed E-state index contributed by atoms with van der Waals surface area (Å²) in [5.74, 6) is 1.70. The summed E-state index contributed by atoms with van der Waals surface area (Å²) in [5.41, 5.74) is 0.784. The van der Waals surface area contributed by atoms with Crippen LogP contribution in [-0.2, 0) is 0 Å². The van der Waals surface area contributed by atoms with Gasteiger partial charge in [0.2, 0.25) is 0 Å². The van der Waals surface area contributed by atoms with Crippen molar-refractivity contribution >= 4 is 0 Å². The highest BCUT2D eigenvalue weighted by atomic mass is 16.5. The monoisotopic (exact) mass is 196 g/mol. The van der Waals surface area contributed by atoms with E-state index in [-0.39, 0.29) is 11.7 Å². The van der Waals surface area contributed by atoms with Gasteiger partial charge in [-0.3, -0.25) is 0 Å². The fourth-order valence-corrected chi connectivity index (χ4v) is 1.50. The minimum atomic E-state index is 0.194. The molecular weight excluding hydrogens is 180 g/mol. The maximum atomic E-state index is 9.68. The van der Waals surface area contributed by atoms with Crippen molar-refractivity contribution in [2.24, 2.45) is 0 Å². The Morgan fingerprint density at radius 3 is 2.21 bits per heavy atom. The Morgan fingerprint density at radius 2 is 1.79 bits per heavy atom. The van der Waals surface area contributed by atoms with E-state index in [2.05, 4.69) is 0 Å². The molecule has 1 aromatic carbocycles. The van der Waals surface area contributed by atoms with Crippen molar-refractivity contribution in [2.75, 3.05) is 14.2 Å². The average Bonchev–Trinajstić information content (AvgIpc) is 2.16. The summed E-state index contributed by atoms with van der Waals surface area (Å²) in [6.45, 7) is 3.99. The van der Waals surface area contributed by atoms with E-state index in [1.807, 2.05) is 13.8 Å². The van der Waals surface area contributed by atoms with Crippen LogP contribution in [-0.4, -0.2) is 19.3 Å². The number of phenols is 1. The SMILES string of the molecule is COc1ccc(O)c(C(C)C)c1OC. The Balaban J connectivity index is 3.35. The Bertz CT molecular complexity index is 319. The van der Waals surface area contributed by atoms with Crippen LogP contribution < -0.4 is 9.47 Å². The molecular formula is C11H16O3. The molecule has 3 nitrogen and oxygen atoms in total. The first-order valence-electron chi connectivity index (χ1n) is 4.55. The number of benzene rings is 1. The first-order chi connectivity index (χ1) is 6.61. The Morgan fingerprint density at radius 1 is 1.14 bits per heavy atom. The highest BCUT2D eigenvalue weighted by Crippen LogP contribution is 2.40. The quantitative estimate of drug-likeness (QED) is 0.807. The van der Waals surface area contributed by atoms with E-state index in [4.69, 9.17) is 9.47 Å². The van der Waals surface area contributed by atoms with Gasteiger partial charge in [-0.05, 0) is 18.1 Å². The van der Waals surface area contributed by atoms with Crippen LogP contribution in [0.4, 0.5) is 0 Å². The van der Waals surface area contributed by atoms with Gasteiger partial charge in [0, 0.05) is 5.56 Å². The average molecular weight is 196 g/mol. The molecule has 0 aromatic heterocycles. The van der Waals surface area contributed by atoms with Gasteiger partial charge in [-0.2, -0.15) is 0 Å². The van der Waals surface area contributed by atoms with Crippen molar-refractivity contribution in [1.82, 2.24) is 0 Å². The molecule has 0 amide bonds. The smallest absolute Gasteiger partial charge is 0.167 e. The molecule has 0 radical (unpaired) electrons. The van der Waals surface area contributed by atoms with Gasteiger partial charge < -0.3 is 14.6 Å². The van der Waals surface area contributed by atoms with Crippen molar-refractivity contribution in [3.05, 3.63) is 17.7 Å². The minimum absolute atomic E-state index is 0.194. The molecule has 0 fully saturated rings. The molecule has 1 N–H and O–H groups in total. The Kier molecular flexibility index (Phi) is 3.23. The first-order valence-corrected chi connectivity index (χ1v) is 4.55. The lowest BCUT2D eigenvalue weighted by Gasteiger charge is -2.16. The van der Waals surface area contributed by atoms with E-state index in [1.54, 1.807) is 26.4 Å². The molecule has 0 bridgehead atoms. The van der Waals surface area contributed by atoms with Gasteiger partial charge in [-0.25, -0.2) is 0 Å². The summed E-state index contributed by atoms with van der Waals surface area (Å²) in [5, 5.41) is 9.68. The van der Waals surface area contributed by atoms with Crippen LogP contribution in [0.5, 0.6) is 17.2 Å². The van der Waals surface area contributed by atoms with Crippen molar-refractivity contribution in [3.63, 3.8) is 0 Å². The van der Waals surface area contributed by atoms with E-state index < -0.39 is 0 Å². The van der Waals surface area contributed by atoms with Gasteiger partial charge in [0.25, 0.3) is 0 Å². The molecule has 1 rings (SSSR count). The largest absolute Gasteiger partial charge is 0.508 e. The summed E-state index contributed by atoms with van der Waals surface area (Å²) in [6.07, 6.45) is 0. The summed E-state index contributed by atoms with van der Waals surface area (Å²) in [7, 11) is 3.15. The molecule has 0 atom stereocenters. The number of phenolic OH excluding ortho intramolecular Hbond substituents is 1. The zero-order valence-corrected chi connectivity index (χ0v) is 9.00. The number of hydrogen-bond acceptors (Lipinski definition) is 3. The molecule has 0 saturated carbocycles. The maximum absolute atomic E-state index is 9.68. The topological polar surface area (TPSA) is 38.7 Å². The van der Waals surface area contributed by atoms with Gasteiger partial charge in [-0.15, -0.1) is 0 Å². The number of rotatable bonds is 3. The van der Waals surface area contributed by atoms with Crippen LogP contribution in [0, 0.1) is 0 Å². The van der Waals surface area contributed by atoms with E-state index >= 15 is 0 Å². The van der Waals surface area contributed by atoms with Gasteiger partial charge in [-0.1, -0.05) is 13.8 Å². The highest BCUT2D eigenvalue weighted by Gasteiger charge is 2.16. The van der Waals surface area contributed by atoms with Crippen LogP contribution in [0.2, 0.25) is 0 Å². The minimum Gasteiger partial charge on any atom is -0.508 e. The zero-order chi connectivity index (χ0) is 10.7. The number of ether oxygens (including phenoxy) is 2. The van der Waals surface area contributed by atoms with Crippen LogP contribution in [0.25, 0.3) is 0 Å². The lowest BCUT2D eigenvalue weighted by atomic mass is 10.0. The molecule has 0 aliphatic heterocycles. The van der Waals surface area contributed by atoms with E-state index in [1.165, 1.54) is 0 Å². The maximum Gasteiger partial charge on any atom is 0.167 e. The van der Waals surface area contributed by atoms with Crippen LogP contribution in [0.15, 0.2) is 12.1 Å². The van der Waals surface area contributed by atoms with Gasteiger partial charge in [0.05, 0.1) is 14.2 Å². The fraction of sp³-hybridized carbons (Fsp3) is 0.455. The third kappa shape index (κ3) is 1.76. The van der Waals surface area contributed by atoms with Gasteiger partial charge in [0.1, 0.15) is 5.75 Å². The number of aromatic hydroxyl groups is 1. The van der Waals surface area contributed by atoms with E-state index in [9.17, 15) is 5.11 Å². The third-order valence-electron chi connectivity index (χ3n) is 2.14. The fourth-order valence-electron chi connectivity index (χ4n) is 1.50. The third-order valence-corrected chi connectivity index (χ3v) is 2.14. The lowest BCUT2D eigenvalue weighted by molar-refractivity contribution is 0.345. The number of methoxy groups -OCH3 is 2. The molecule has 0 aliphatic rings. The summed E-state index contributed by atoms with van der Waals surface area (Å²) in [4.78, 5) is 0. The van der Waals surface area contributed by atoms with Gasteiger partial charge in [0.15, 0.2) is 11.5 Å². The Hall–Kier alpha value is -1.38. The molecule has 14 heavy (non-hydrogen) atoms. The number of hydrogen-bond donors (Lipinski definition) is 1. The van der Waals surface area contributed by atoms with Crippen molar-refractivity contribution < 1.29 is 14.6 Å². The predicted octanol–water partition coefficient (Wildman–Crippen LogP) is 2.53. The summed E-state index contributed by atoms with van der Waals surface area (Å²) >= 11 is 0. The van der Waals surface area contributed by atoms with Crippen molar-refractivity contribution in [2.45, 2.75) is 19.8 Å².